The van der Waals surface area contributed by atoms with Crippen molar-refractivity contribution in [1.82, 2.24) is 63.6 Å². The minimum atomic E-state index is -3.31. The Morgan fingerprint density at radius 3 is 1.25 bits per heavy atom. The highest BCUT2D eigenvalue weighted by molar-refractivity contribution is 7.88. The molecule has 556 valence electrons. The number of aliphatic imine (C=N–C) groups is 4. The van der Waals surface area contributed by atoms with Crippen molar-refractivity contribution in [3.8, 4) is 22.7 Å². The van der Waals surface area contributed by atoms with Crippen LogP contribution < -0.4 is 4.72 Å². The first-order valence-electron chi connectivity index (χ1n) is 34.1. The highest BCUT2D eigenvalue weighted by Gasteiger charge is 2.30. The van der Waals surface area contributed by atoms with Crippen LogP contribution >= 0.6 is 46.4 Å². The van der Waals surface area contributed by atoms with Crippen molar-refractivity contribution in [1.29, 1.82) is 0 Å². The van der Waals surface area contributed by atoms with Crippen molar-refractivity contribution in [3.63, 3.8) is 0 Å². The molecule has 4 aliphatic heterocycles. The van der Waals surface area contributed by atoms with Gasteiger partial charge in [0, 0.05) is 105 Å². The molecule has 0 unspecified atom stereocenters. The number of fused-ring (bicyclic) bond motifs is 12. The Bertz CT molecular complexity index is 5770. The van der Waals surface area contributed by atoms with E-state index in [1.807, 2.05) is 17.6 Å². The van der Waals surface area contributed by atoms with Crippen LogP contribution in [0, 0.1) is 23.3 Å². The number of rotatable bonds is 16. The minimum absolute atomic E-state index is 0.0183. The number of benzene rings is 7. The fourth-order valence-electron chi connectivity index (χ4n) is 12.2. The lowest BCUT2D eigenvalue weighted by molar-refractivity contribution is 0.0962. The number of sulfonamides is 1. The molecular formula is C78H61Cl4F4N17O6S. The summed E-state index contributed by atoms with van der Waals surface area (Å²) in [6, 6.07) is 42.9. The van der Waals surface area contributed by atoms with Crippen LogP contribution in [0.25, 0.3) is 22.7 Å². The summed E-state index contributed by atoms with van der Waals surface area (Å²) in [7, 11) is -3.31. The van der Waals surface area contributed by atoms with Gasteiger partial charge in [0.25, 0.3) is 0 Å². The normalized spacial score (nSPS) is 12.9. The van der Waals surface area contributed by atoms with Crippen molar-refractivity contribution < 1.29 is 45.2 Å². The quantitative estimate of drug-likeness (QED) is 0.0535. The van der Waals surface area contributed by atoms with E-state index in [-0.39, 0.29) is 97.1 Å². The number of hydrogen-bond donors (Lipinski definition) is 1. The lowest BCUT2D eigenvalue weighted by Gasteiger charge is -2.12. The van der Waals surface area contributed by atoms with E-state index in [1.54, 1.807) is 137 Å². The van der Waals surface area contributed by atoms with E-state index < -0.39 is 21.7 Å². The Kier molecular flexibility index (Phi) is 23.1. The van der Waals surface area contributed by atoms with Crippen LogP contribution in [0.1, 0.15) is 163 Å². The predicted octanol–water partition coefficient (Wildman–Crippen LogP) is 14.9. The van der Waals surface area contributed by atoms with E-state index in [0.29, 0.717) is 141 Å². The standard InChI is InChI=1S/C21H19ClFN5O3S.C21H18ClFN4O.C19H13ClFN3O.C17H11ClFN5O/c1-32(30,31)25-10-4-7-18(29)21-26-19-12-24-20(14-5-2-3-6-16(14)23)15-11-13(22)8-9-17(15)28(19)27-21;1-2-3-8-18(28)21-25-19-12-24-20(14-6-4-5-7-16(14)23)15-11-13(22)9-10-17(15)27(19)26-21;1-11(25)16-10-24-17-7-6-12(20)8-14(17)19(22-9-18(24)23-16)13-4-2-3-5-15(13)21;1-9(25)17-22-14-8-21-15(16-12(19)3-2-6-20-16)11-7-10(18)4-5-13(11)24(14)23-17/h2-3,5-6,8-9,11,25H,4,7,10,12H2,1H3;4-7,9-11H,2-3,8,12H2,1H3;2-8,10H,9H2,1H3;2-7H,8H2,1H3. The third-order valence-electron chi connectivity index (χ3n) is 17.4. The van der Waals surface area contributed by atoms with E-state index >= 15 is 0 Å². The number of aromatic nitrogens is 12. The summed E-state index contributed by atoms with van der Waals surface area (Å²) < 4.78 is 88.7. The van der Waals surface area contributed by atoms with E-state index in [0.717, 1.165) is 24.8 Å². The largest absolute Gasteiger partial charge is 0.301 e. The van der Waals surface area contributed by atoms with E-state index in [9.17, 15) is 45.2 Å². The second kappa shape index (κ2) is 33.1. The summed E-state index contributed by atoms with van der Waals surface area (Å²) in [6.07, 6.45) is 6.78. The van der Waals surface area contributed by atoms with Gasteiger partial charge in [-0.3, -0.25) is 44.1 Å². The molecule has 0 amide bonds. The van der Waals surface area contributed by atoms with Gasteiger partial charge in [-0.15, -0.1) is 15.3 Å². The first-order chi connectivity index (χ1) is 52.9. The Hall–Kier alpha value is -11.5. The zero-order chi connectivity index (χ0) is 77.7. The zero-order valence-electron chi connectivity index (χ0n) is 58.8. The minimum Gasteiger partial charge on any atom is -0.301 e. The molecule has 32 heteroatoms. The van der Waals surface area contributed by atoms with Gasteiger partial charge >= 0.3 is 0 Å². The highest BCUT2D eigenvalue weighted by Crippen LogP contribution is 2.34. The molecule has 0 atom stereocenters. The molecule has 9 heterocycles. The molecule has 5 aromatic heterocycles. The molecule has 16 rings (SSSR count). The number of halogens is 8. The number of carbonyl (C=O) groups is 4. The number of nitrogens with zero attached hydrogens (tertiary/aromatic N) is 16. The van der Waals surface area contributed by atoms with Crippen LogP contribution in [0.5, 0.6) is 0 Å². The van der Waals surface area contributed by atoms with Crippen LogP contribution in [0.2, 0.25) is 20.1 Å². The molecule has 0 saturated carbocycles. The summed E-state index contributed by atoms with van der Waals surface area (Å²) in [4.78, 5) is 87.8. The Morgan fingerprint density at radius 1 is 0.445 bits per heavy atom. The number of nitrogens with one attached hydrogen (secondary N) is 1. The van der Waals surface area contributed by atoms with Gasteiger partial charge in [0.15, 0.2) is 34.9 Å². The van der Waals surface area contributed by atoms with Crippen LogP contribution in [0.3, 0.4) is 0 Å². The summed E-state index contributed by atoms with van der Waals surface area (Å²) in [5.74, 6) is 0.0275. The van der Waals surface area contributed by atoms with Gasteiger partial charge in [0.1, 0.15) is 34.7 Å². The maximum atomic E-state index is 14.5. The van der Waals surface area contributed by atoms with Crippen LogP contribution in [-0.2, 0) is 36.2 Å². The molecule has 23 nitrogen and oxygen atoms in total. The number of Topliss-reactive ketones (excluding diaryl/α,β-unsaturated/α-hetero) is 4. The molecule has 0 saturated heterocycles. The Balaban J connectivity index is 0.000000129. The molecule has 12 aromatic rings. The van der Waals surface area contributed by atoms with Crippen LogP contribution in [-0.4, -0.2) is 126 Å². The van der Waals surface area contributed by atoms with Crippen molar-refractivity contribution in [3.05, 3.63) is 305 Å². The number of imidazole rings is 1. The third kappa shape index (κ3) is 16.8. The first-order valence-corrected chi connectivity index (χ1v) is 37.5. The first kappa shape index (κ1) is 76.7. The maximum absolute atomic E-state index is 14.5. The molecule has 7 aromatic carbocycles. The van der Waals surface area contributed by atoms with Crippen molar-refractivity contribution in [2.45, 2.75) is 79.1 Å². The smallest absolute Gasteiger partial charge is 0.218 e. The van der Waals surface area contributed by atoms with Gasteiger partial charge in [-0.25, -0.2) is 64.7 Å². The topological polar surface area (TPSA) is 287 Å². The van der Waals surface area contributed by atoms with Gasteiger partial charge in [-0.1, -0.05) is 96.1 Å². The maximum Gasteiger partial charge on any atom is 0.218 e. The molecule has 1 N–H and O–H groups in total. The molecule has 0 aliphatic carbocycles. The second-order valence-electron chi connectivity index (χ2n) is 25.1. The molecule has 110 heavy (non-hydrogen) atoms. The van der Waals surface area contributed by atoms with Gasteiger partial charge in [-0.2, -0.15) is 0 Å². The highest BCUT2D eigenvalue weighted by atomic mass is 35.5. The fraction of sp³-hybridized carbons (Fsp3) is 0.179. The van der Waals surface area contributed by atoms with Gasteiger partial charge in [0.2, 0.25) is 39.1 Å². The molecular weight excluding hydrogens is 1520 g/mol. The lowest BCUT2D eigenvalue weighted by Crippen LogP contribution is -2.23. The van der Waals surface area contributed by atoms with Crippen molar-refractivity contribution in [2.75, 3.05) is 12.8 Å². The second-order valence-corrected chi connectivity index (χ2v) is 28.7. The molecule has 0 bridgehead atoms. The molecule has 4 aliphatic rings. The van der Waals surface area contributed by atoms with E-state index in [2.05, 4.69) is 64.9 Å². The van der Waals surface area contributed by atoms with Crippen molar-refractivity contribution >= 4 is 102 Å². The van der Waals surface area contributed by atoms with Gasteiger partial charge < -0.3 is 4.57 Å². The number of unbranched alkanes of at least 4 members (excludes halogenated alkanes) is 1. The summed E-state index contributed by atoms with van der Waals surface area (Å²) in [5, 5.41) is 15.0. The number of hydrogen-bond acceptors (Lipinski definition) is 18. The average molecular weight is 1580 g/mol. The Labute approximate surface area is 646 Å². The summed E-state index contributed by atoms with van der Waals surface area (Å²) in [6.45, 7) is 5.70. The average Bonchev–Trinajstić information content (AvgIpc) is 1.62. The molecule has 0 spiro atoms. The molecule has 0 radical (unpaired) electrons. The molecule has 0 fully saturated rings. The third-order valence-corrected chi connectivity index (χ3v) is 19.0. The SMILES string of the molecule is CC(=O)c1cn2c(n1)CN=C(c1ccccc1F)c1cc(Cl)ccc1-2.CC(=O)c1nc2n(n1)-c1ccc(Cl)cc1C(c1ncccc1F)=NC2.CCCCC(=O)c1nc2n(n1)-c1ccc(Cl)cc1C(c1ccccc1F)=NC2.CS(=O)(=O)NCCCC(=O)c1nc2n(n1)-c1ccc(Cl)cc1C(c1ccccc1F)=NC2. The lowest BCUT2D eigenvalue weighted by atomic mass is 10.00. The van der Waals surface area contributed by atoms with E-state index in [4.69, 9.17) is 46.4 Å². The monoisotopic (exact) mass is 1580 g/mol. The number of ketones is 4. The number of carbonyl (C=O) groups excluding carboxylic acids is 4. The Morgan fingerprint density at radius 2 is 0.827 bits per heavy atom. The fourth-order valence-corrected chi connectivity index (χ4v) is 13.4. The van der Waals surface area contributed by atoms with Crippen molar-refractivity contribution in [2.24, 2.45) is 20.0 Å². The van der Waals surface area contributed by atoms with Gasteiger partial charge in [0.05, 0.1) is 78.0 Å². The van der Waals surface area contributed by atoms with E-state index in [1.165, 1.54) is 55.1 Å². The zero-order valence-corrected chi connectivity index (χ0v) is 62.6. The summed E-state index contributed by atoms with van der Waals surface area (Å²) >= 11 is 24.7. The number of pyridine rings is 1. The summed E-state index contributed by atoms with van der Waals surface area (Å²) in [5.41, 5.74) is 8.53. The predicted molar refractivity (Wildman–Crippen MR) is 409 cm³/mol. The van der Waals surface area contributed by atoms with Crippen LogP contribution in [0.4, 0.5) is 17.6 Å². The van der Waals surface area contributed by atoms with Gasteiger partial charge in [-0.05, 0) is 134 Å². The van der Waals surface area contributed by atoms with Crippen LogP contribution in [0.15, 0.2) is 190 Å².